The molecule has 0 fully saturated rings. The monoisotopic (exact) mass is 602 g/mol. The molecule has 2 rings (SSSR count). The maximum absolute atomic E-state index is 8.26. The van der Waals surface area contributed by atoms with Gasteiger partial charge in [0.05, 0.1) is 0 Å². The number of pyridine rings is 2. The molecule has 0 radical (unpaired) electrons. The van der Waals surface area contributed by atoms with Crippen LogP contribution in [0, 0.1) is 0 Å². The van der Waals surface area contributed by atoms with Crippen molar-refractivity contribution in [2.24, 2.45) is 5.11 Å². The summed E-state index contributed by atoms with van der Waals surface area (Å²) in [7, 11) is 0. The maximum Gasteiger partial charge on any atom is 0.171 e. The van der Waals surface area contributed by atoms with Crippen molar-refractivity contribution in [1.82, 2.24) is 4.98 Å². The highest BCUT2D eigenvalue weighted by atomic mass is 35.5. The fourth-order valence-corrected chi connectivity index (χ4v) is 5.07. The highest BCUT2D eigenvalue weighted by Gasteiger charge is 2.04. The van der Waals surface area contributed by atoms with Gasteiger partial charge in [-0.2, -0.15) is 0 Å². The molecule has 0 amide bonds. The molecule has 236 valence electrons. The first-order valence-corrected chi connectivity index (χ1v) is 16.4. The number of hydrogen-bond acceptors (Lipinski definition) is 4. The van der Waals surface area contributed by atoms with Crippen molar-refractivity contribution in [1.29, 1.82) is 0 Å². The van der Waals surface area contributed by atoms with E-state index in [-0.39, 0.29) is 12.4 Å². The van der Waals surface area contributed by atoms with Gasteiger partial charge in [0.25, 0.3) is 0 Å². The van der Waals surface area contributed by atoms with Crippen LogP contribution in [0.3, 0.4) is 0 Å². The average molecular weight is 603 g/mol. The number of aromatic nitrogens is 2. The van der Waals surface area contributed by atoms with E-state index in [9.17, 15) is 0 Å². The van der Waals surface area contributed by atoms with Crippen molar-refractivity contribution in [2.75, 3.05) is 33.0 Å². The summed E-state index contributed by atoms with van der Waals surface area (Å²) < 4.78 is 14.0. The SMILES string of the molecule is Cl.[N-]=[N+]=NCCCCCCCCOCCCc1ccc[n+](CCCCCCCCCCOCCCc2cccnc2)c1. The third-order valence-corrected chi connectivity index (χ3v) is 7.47. The molecule has 0 unspecified atom stereocenters. The van der Waals surface area contributed by atoms with Crippen molar-refractivity contribution in [3.05, 3.63) is 70.6 Å². The number of aryl methyl sites for hydroxylation is 3. The molecule has 0 aliphatic rings. The van der Waals surface area contributed by atoms with Crippen LogP contribution < -0.4 is 4.57 Å². The van der Waals surface area contributed by atoms with Gasteiger partial charge in [-0.1, -0.05) is 69.0 Å². The minimum atomic E-state index is 0. The standard InChI is InChI=1S/C34H56N5O2.ClH/c35-38-37-24-11-7-3-6-10-14-28-41-30-18-22-34-20-16-26-39(32-34)25-12-8-4-1-2-5-9-13-27-40-29-17-21-33-19-15-23-36-31-33;/h15-16,19-20,23,26,31-32H,1-14,17-18,21-22,24-25,27-30H2;1H/q+1;. The van der Waals surface area contributed by atoms with Crippen molar-refractivity contribution in [2.45, 2.75) is 122 Å². The van der Waals surface area contributed by atoms with E-state index in [0.29, 0.717) is 6.54 Å². The summed E-state index contributed by atoms with van der Waals surface area (Å²) in [5.74, 6) is 0. The Kier molecular flexibility index (Phi) is 26.1. The second-order valence-electron chi connectivity index (χ2n) is 11.1. The number of unbranched alkanes of at least 4 members (excludes halogenated alkanes) is 12. The largest absolute Gasteiger partial charge is 0.381 e. The van der Waals surface area contributed by atoms with Gasteiger partial charge in [-0.25, -0.2) is 4.57 Å². The Morgan fingerprint density at radius 3 is 1.83 bits per heavy atom. The van der Waals surface area contributed by atoms with Crippen LogP contribution in [0.5, 0.6) is 0 Å². The smallest absolute Gasteiger partial charge is 0.171 e. The lowest BCUT2D eigenvalue weighted by Gasteiger charge is -2.05. The van der Waals surface area contributed by atoms with Crippen LogP contribution in [0.2, 0.25) is 0 Å². The maximum atomic E-state index is 8.26. The summed E-state index contributed by atoms with van der Waals surface area (Å²) in [6.45, 7) is 5.23. The molecule has 0 atom stereocenters. The lowest BCUT2D eigenvalue weighted by atomic mass is 10.1. The van der Waals surface area contributed by atoms with Gasteiger partial charge < -0.3 is 9.47 Å². The molecule has 2 aromatic heterocycles. The quantitative estimate of drug-likeness (QED) is 0.0320. The minimum absolute atomic E-state index is 0. The molecule has 7 nitrogen and oxygen atoms in total. The number of ether oxygens (including phenoxy) is 2. The molecule has 8 heteroatoms. The van der Waals surface area contributed by atoms with E-state index in [1.807, 2.05) is 18.5 Å². The number of nitrogens with zero attached hydrogens (tertiary/aromatic N) is 5. The highest BCUT2D eigenvalue weighted by Crippen LogP contribution is 2.10. The van der Waals surface area contributed by atoms with Gasteiger partial charge in [0.2, 0.25) is 0 Å². The Balaban J connectivity index is 0.00000882. The number of azide groups is 1. The molecule has 0 N–H and O–H groups in total. The molecule has 0 aromatic carbocycles. The molecule has 0 saturated heterocycles. The van der Waals surface area contributed by atoms with Gasteiger partial charge in [-0.15, -0.1) is 12.4 Å². The molecule has 42 heavy (non-hydrogen) atoms. The predicted molar refractivity (Wildman–Crippen MR) is 175 cm³/mol. The molecule has 0 saturated carbocycles. The van der Waals surface area contributed by atoms with E-state index in [4.69, 9.17) is 15.0 Å². The number of halogens is 1. The van der Waals surface area contributed by atoms with Crippen LogP contribution in [0.1, 0.15) is 114 Å². The zero-order valence-electron chi connectivity index (χ0n) is 26.1. The highest BCUT2D eigenvalue weighted by molar-refractivity contribution is 5.85. The van der Waals surface area contributed by atoms with Gasteiger partial charge in [-0.05, 0) is 74.6 Å². The van der Waals surface area contributed by atoms with Crippen LogP contribution in [-0.2, 0) is 28.9 Å². The summed E-state index contributed by atoms with van der Waals surface area (Å²) in [5, 5.41) is 3.57. The Labute approximate surface area is 261 Å². The van der Waals surface area contributed by atoms with Crippen LogP contribution in [0.25, 0.3) is 10.4 Å². The van der Waals surface area contributed by atoms with E-state index in [2.05, 4.69) is 50.2 Å². The van der Waals surface area contributed by atoms with E-state index >= 15 is 0 Å². The van der Waals surface area contributed by atoms with Crippen molar-refractivity contribution >= 4 is 12.4 Å². The Bertz CT molecular complexity index is 912. The Morgan fingerprint density at radius 2 is 1.21 bits per heavy atom. The first kappa shape index (κ1) is 37.8. The van der Waals surface area contributed by atoms with Crippen molar-refractivity contribution in [3.8, 4) is 0 Å². The predicted octanol–water partition coefficient (Wildman–Crippen LogP) is 9.16. The van der Waals surface area contributed by atoms with Crippen LogP contribution in [-0.4, -0.2) is 38.0 Å². The van der Waals surface area contributed by atoms with Crippen LogP contribution in [0.15, 0.2) is 54.2 Å². The fraction of sp³-hybridized carbons (Fsp3) is 0.706. The first-order chi connectivity index (χ1) is 20.4. The van der Waals surface area contributed by atoms with Gasteiger partial charge in [0.15, 0.2) is 12.4 Å². The topological polar surface area (TPSA) is 84.0 Å². The first-order valence-electron chi connectivity index (χ1n) is 16.4. The van der Waals surface area contributed by atoms with Gasteiger partial charge in [0.1, 0.15) is 6.54 Å². The summed E-state index contributed by atoms with van der Waals surface area (Å²) >= 11 is 0. The Morgan fingerprint density at radius 1 is 0.667 bits per heavy atom. The molecule has 2 heterocycles. The average Bonchev–Trinajstić information content (AvgIpc) is 3.00. The zero-order chi connectivity index (χ0) is 28.9. The van der Waals surface area contributed by atoms with E-state index in [0.717, 1.165) is 77.9 Å². The van der Waals surface area contributed by atoms with Gasteiger partial charge in [-0.3, -0.25) is 4.98 Å². The van der Waals surface area contributed by atoms with Gasteiger partial charge >= 0.3 is 0 Å². The Hall–Kier alpha value is -2.18. The second kappa shape index (κ2) is 28.9. The van der Waals surface area contributed by atoms with E-state index < -0.39 is 0 Å². The fourth-order valence-electron chi connectivity index (χ4n) is 5.07. The van der Waals surface area contributed by atoms with E-state index in [1.165, 1.54) is 81.8 Å². The van der Waals surface area contributed by atoms with Gasteiger partial charge in [0, 0.05) is 68.3 Å². The molecule has 0 bridgehead atoms. The summed E-state index contributed by atoms with van der Waals surface area (Å²) in [4.78, 5) is 6.95. The van der Waals surface area contributed by atoms with Crippen molar-refractivity contribution in [3.63, 3.8) is 0 Å². The van der Waals surface area contributed by atoms with Crippen LogP contribution >= 0.6 is 12.4 Å². The third kappa shape index (κ3) is 22.4. The molecule has 0 aliphatic carbocycles. The lowest BCUT2D eigenvalue weighted by Crippen LogP contribution is -2.33. The lowest BCUT2D eigenvalue weighted by molar-refractivity contribution is -0.697. The summed E-state index contributed by atoms with van der Waals surface area (Å²) in [6.07, 6.45) is 30.1. The second-order valence-corrected chi connectivity index (χ2v) is 11.1. The summed E-state index contributed by atoms with van der Waals surface area (Å²) in [6, 6.07) is 8.56. The zero-order valence-corrected chi connectivity index (χ0v) is 26.9. The normalized spacial score (nSPS) is 10.8. The molecule has 2 aromatic rings. The van der Waals surface area contributed by atoms with E-state index in [1.54, 1.807) is 0 Å². The van der Waals surface area contributed by atoms with Crippen molar-refractivity contribution < 1.29 is 14.0 Å². The number of hydrogen-bond donors (Lipinski definition) is 0. The van der Waals surface area contributed by atoms with Crippen LogP contribution in [0.4, 0.5) is 0 Å². The molecule has 0 aliphatic heterocycles. The third-order valence-electron chi connectivity index (χ3n) is 7.47. The molecular weight excluding hydrogens is 546 g/mol. The number of rotatable bonds is 28. The minimum Gasteiger partial charge on any atom is -0.381 e. The summed E-state index contributed by atoms with van der Waals surface area (Å²) in [5.41, 5.74) is 11.0. The molecule has 0 spiro atoms. The molecular formula is C34H57ClN5O2+.